The average Bonchev–Trinajstić information content (AvgIpc) is 2.68. The number of ether oxygens (including phenoxy) is 1. The summed E-state index contributed by atoms with van der Waals surface area (Å²) in [4.78, 5) is 25.3. The lowest BCUT2D eigenvalue weighted by atomic mass is 9.86. The number of carboxylic acids is 1. The zero-order chi connectivity index (χ0) is 18.4. The summed E-state index contributed by atoms with van der Waals surface area (Å²) in [5.41, 5.74) is 1.17. The number of urea groups is 1. The third-order valence-electron chi connectivity index (χ3n) is 5.46. The first-order chi connectivity index (χ1) is 12.6. The first kappa shape index (κ1) is 18.7. The minimum absolute atomic E-state index is 0.0229. The Bertz CT molecular complexity index is 591. The van der Waals surface area contributed by atoms with Gasteiger partial charge in [0.05, 0.1) is 18.6 Å². The Morgan fingerprint density at radius 1 is 1.04 bits per heavy atom. The summed E-state index contributed by atoms with van der Waals surface area (Å²) < 4.78 is 5.97. The molecule has 2 aliphatic rings. The van der Waals surface area contributed by atoms with Crippen molar-refractivity contribution in [2.75, 3.05) is 13.1 Å². The molecular formula is C20H28N2O4. The van der Waals surface area contributed by atoms with Crippen molar-refractivity contribution < 1.29 is 19.4 Å². The number of rotatable bonds is 5. The van der Waals surface area contributed by atoms with Crippen LogP contribution in [-0.2, 0) is 16.1 Å². The lowest BCUT2D eigenvalue weighted by Gasteiger charge is -2.34. The molecule has 1 aliphatic heterocycles. The van der Waals surface area contributed by atoms with E-state index in [1.807, 2.05) is 23.1 Å². The molecule has 2 fully saturated rings. The molecule has 1 aromatic carbocycles. The van der Waals surface area contributed by atoms with Gasteiger partial charge in [-0.05, 0) is 44.1 Å². The molecule has 6 heteroatoms. The van der Waals surface area contributed by atoms with E-state index in [1.165, 1.54) is 5.56 Å². The molecule has 0 aromatic heterocycles. The molecule has 2 amide bonds. The van der Waals surface area contributed by atoms with Crippen molar-refractivity contribution >= 4 is 12.0 Å². The predicted octanol–water partition coefficient (Wildman–Crippen LogP) is 3.02. The quantitative estimate of drug-likeness (QED) is 0.846. The molecule has 0 unspecified atom stereocenters. The fourth-order valence-corrected chi connectivity index (χ4v) is 3.76. The van der Waals surface area contributed by atoms with Crippen LogP contribution >= 0.6 is 0 Å². The Labute approximate surface area is 154 Å². The smallest absolute Gasteiger partial charge is 0.317 e. The van der Waals surface area contributed by atoms with Gasteiger partial charge in [0.1, 0.15) is 0 Å². The second kappa shape index (κ2) is 9.03. The number of carboxylic acid groups (broad SMARTS) is 1. The zero-order valence-electron chi connectivity index (χ0n) is 15.1. The van der Waals surface area contributed by atoms with Crippen LogP contribution in [0.15, 0.2) is 30.3 Å². The fourth-order valence-electron chi connectivity index (χ4n) is 3.76. The minimum Gasteiger partial charge on any atom is -0.481 e. The molecular weight excluding hydrogens is 332 g/mol. The maximum atomic E-state index is 12.4. The number of carbonyl (C=O) groups is 2. The highest BCUT2D eigenvalue weighted by Gasteiger charge is 2.29. The topological polar surface area (TPSA) is 78.9 Å². The normalized spacial score (nSPS) is 24.2. The van der Waals surface area contributed by atoms with Crippen LogP contribution in [-0.4, -0.2) is 47.2 Å². The van der Waals surface area contributed by atoms with Crippen molar-refractivity contribution in [2.24, 2.45) is 5.92 Å². The van der Waals surface area contributed by atoms with Gasteiger partial charge in [0.15, 0.2) is 0 Å². The van der Waals surface area contributed by atoms with E-state index in [1.54, 1.807) is 0 Å². The maximum absolute atomic E-state index is 12.4. The van der Waals surface area contributed by atoms with Gasteiger partial charge in [-0.3, -0.25) is 4.79 Å². The molecule has 1 aliphatic carbocycles. The van der Waals surface area contributed by atoms with Gasteiger partial charge in [-0.1, -0.05) is 30.3 Å². The van der Waals surface area contributed by atoms with E-state index in [0.29, 0.717) is 32.5 Å². The summed E-state index contributed by atoms with van der Waals surface area (Å²) in [6.07, 6.45) is 4.70. The largest absolute Gasteiger partial charge is 0.481 e. The Morgan fingerprint density at radius 3 is 2.31 bits per heavy atom. The van der Waals surface area contributed by atoms with E-state index in [2.05, 4.69) is 17.4 Å². The van der Waals surface area contributed by atoms with Crippen LogP contribution in [0.1, 0.15) is 44.1 Å². The monoisotopic (exact) mass is 360 g/mol. The van der Waals surface area contributed by atoms with Crippen molar-refractivity contribution in [2.45, 2.75) is 57.3 Å². The molecule has 0 radical (unpaired) electrons. The lowest BCUT2D eigenvalue weighted by Crippen LogP contribution is -2.49. The summed E-state index contributed by atoms with van der Waals surface area (Å²) in [5, 5.41) is 12.1. The number of carbonyl (C=O) groups excluding carboxylic acids is 1. The number of amides is 2. The van der Waals surface area contributed by atoms with Gasteiger partial charge in [0.25, 0.3) is 0 Å². The molecule has 0 bridgehead atoms. The predicted molar refractivity (Wildman–Crippen MR) is 97.7 cm³/mol. The minimum atomic E-state index is -0.715. The summed E-state index contributed by atoms with van der Waals surface area (Å²) in [7, 11) is 0. The zero-order valence-corrected chi connectivity index (χ0v) is 15.1. The van der Waals surface area contributed by atoms with Crippen molar-refractivity contribution in [3.63, 3.8) is 0 Å². The highest BCUT2D eigenvalue weighted by molar-refractivity contribution is 5.74. The number of hydrogen-bond acceptors (Lipinski definition) is 3. The number of piperidine rings is 1. The molecule has 1 saturated heterocycles. The number of hydrogen-bond donors (Lipinski definition) is 2. The first-order valence-electron chi connectivity index (χ1n) is 9.55. The standard InChI is InChI=1S/C20H28N2O4/c23-19(24)16-6-8-17(9-7-16)21-20(25)22-12-10-18(11-13-22)26-14-15-4-2-1-3-5-15/h1-5,16-18H,6-14H2,(H,21,25)(H,23,24). The second-order valence-electron chi connectivity index (χ2n) is 7.32. The van der Waals surface area contributed by atoms with Gasteiger partial charge in [-0.2, -0.15) is 0 Å². The molecule has 3 rings (SSSR count). The van der Waals surface area contributed by atoms with Gasteiger partial charge in [0, 0.05) is 19.1 Å². The maximum Gasteiger partial charge on any atom is 0.317 e. The second-order valence-corrected chi connectivity index (χ2v) is 7.32. The van der Waals surface area contributed by atoms with Gasteiger partial charge in [-0.25, -0.2) is 4.79 Å². The van der Waals surface area contributed by atoms with Crippen molar-refractivity contribution in [3.05, 3.63) is 35.9 Å². The Morgan fingerprint density at radius 2 is 1.69 bits per heavy atom. The fraction of sp³-hybridized carbons (Fsp3) is 0.600. The van der Waals surface area contributed by atoms with Gasteiger partial charge < -0.3 is 20.1 Å². The molecule has 1 heterocycles. The Balaban J connectivity index is 1.35. The molecule has 26 heavy (non-hydrogen) atoms. The number of benzene rings is 1. The van der Waals surface area contributed by atoms with Crippen LogP contribution < -0.4 is 5.32 Å². The van der Waals surface area contributed by atoms with E-state index in [-0.39, 0.29) is 24.1 Å². The SMILES string of the molecule is O=C(O)C1CCC(NC(=O)N2CCC(OCc3ccccc3)CC2)CC1. The lowest BCUT2D eigenvalue weighted by molar-refractivity contribution is -0.142. The van der Waals surface area contributed by atoms with Crippen LogP contribution in [0, 0.1) is 5.92 Å². The van der Waals surface area contributed by atoms with Gasteiger partial charge in [0.2, 0.25) is 0 Å². The van der Waals surface area contributed by atoms with E-state index < -0.39 is 5.97 Å². The van der Waals surface area contributed by atoms with E-state index >= 15 is 0 Å². The average molecular weight is 360 g/mol. The highest BCUT2D eigenvalue weighted by atomic mass is 16.5. The van der Waals surface area contributed by atoms with E-state index in [0.717, 1.165) is 25.7 Å². The Hall–Kier alpha value is -2.08. The molecule has 0 atom stereocenters. The van der Waals surface area contributed by atoms with Crippen LogP contribution in [0.3, 0.4) is 0 Å². The Kier molecular flexibility index (Phi) is 6.50. The summed E-state index contributed by atoms with van der Waals surface area (Å²) in [5.74, 6) is -0.965. The van der Waals surface area contributed by atoms with E-state index in [9.17, 15) is 9.59 Å². The van der Waals surface area contributed by atoms with Gasteiger partial charge >= 0.3 is 12.0 Å². The highest BCUT2D eigenvalue weighted by Crippen LogP contribution is 2.25. The van der Waals surface area contributed by atoms with Crippen molar-refractivity contribution in [1.82, 2.24) is 10.2 Å². The van der Waals surface area contributed by atoms with Crippen LogP contribution in [0.5, 0.6) is 0 Å². The number of likely N-dealkylation sites (tertiary alicyclic amines) is 1. The van der Waals surface area contributed by atoms with Gasteiger partial charge in [-0.15, -0.1) is 0 Å². The molecule has 0 spiro atoms. The van der Waals surface area contributed by atoms with Crippen LogP contribution in [0.2, 0.25) is 0 Å². The molecule has 1 aromatic rings. The third kappa shape index (κ3) is 5.21. The summed E-state index contributed by atoms with van der Waals surface area (Å²) >= 11 is 0. The van der Waals surface area contributed by atoms with Crippen LogP contribution in [0.4, 0.5) is 4.79 Å². The molecule has 142 valence electrons. The third-order valence-corrected chi connectivity index (χ3v) is 5.46. The number of nitrogens with one attached hydrogen (secondary N) is 1. The van der Waals surface area contributed by atoms with Crippen molar-refractivity contribution in [1.29, 1.82) is 0 Å². The summed E-state index contributed by atoms with van der Waals surface area (Å²) in [6.45, 7) is 2.02. The number of aliphatic carboxylic acids is 1. The van der Waals surface area contributed by atoms with E-state index in [4.69, 9.17) is 9.84 Å². The number of nitrogens with zero attached hydrogens (tertiary/aromatic N) is 1. The first-order valence-corrected chi connectivity index (χ1v) is 9.55. The van der Waals surface area contributed by atoms with Crippen LogP contribution in [0.25, 0.3) is 0 Å². The summed E-state index contributed by atoms with van der Waals surface area (Å²) in [6, 6.07) is 10.2. The molecule has 2 N–H and O–H groups in total. The molecule has 1 saturated carbocycles. The van der Waals surface area contributed by atoms with Crippen molar-refractivity contribution in [3.8, 4) is 0 Å². The molecule has 6 nitrogen and oxygen atoms in total.